The van der Waals surface area contributed by atoms with Gasteiger partial charge in [-0.3, -0.25) is 9.59 Å². The van der Waals surface area contributed by atoms with E-state index in [4.69, 9.17) is 4.74 Å². The quantitative estimate of drug-likeness (QED) is 0.851. The standard InChI is InChI=1S/C16H21NO3/c1-5-14(18)17-15(19)12-8-6-7-9-13(12)20-16(17,4)10-11(2)3/h6-9,11H,5,10H2,1-4H3. The summed E-state index contributed by atoms with van der Waals surface area (Å²) >= 11 is 0. The van der Waals surface area contributed by atoms with Gasteiger partial charge in [-0.2, -0.15) is 0 Å². The fraction of sp³-hybridized carbons (Fsp3) is 0.500. The van der Waals surface area contributed by atoms with Crippen molar-refractivity contribution in [3.8, 4) is 5.75 Å². The Morgan fingerprint density at radius 2 is 2.00 bits per heavy atom. The van der Waals surface area contributed by atoms with E-state index in [9.17, 15) is 9.59 Å². The van der Waals surface area contributed by atoms with Crippen molar-refractivity contribution in [2.45, 2.75) is 46.3 Å². The molecule has 2 rings (SSSR count). The summed E-state index contributed by atoms with van der Waals surface area (Å²) < 4.78 is 6.02. The molecule has 1 aliphatic heterocycles. The zero-order valence-corrected chi connectivity index (χ0v) is 12.5. The Kier molecular flexibility index (Phi) is 3.84. The molecule has 0 bridgehead atoms. The molecule has 1 heterocycles. The first-order chi connectivity index (χ1) is 9.39. The maximum absolute atomic E-state index is 12.6. The van der Waals surface area contributed by atoms with Crippen molar-refractivity contribution in [1.29, 1.82) is 0 Å². The summed E-state index contributed by atoms with van der Waals surface area (Å²) in [5.41, 5.74) is -0.456. The summed E-state index contributed by atoms with van der Waals surface area (Å²) in [6.07, 6.45) is 0.893. The van der Waals surface area contributed by atoms with E-state index in [2.05, 4.69) is 0 Å². The van der Waals surface area contributed by atoms with Crippen molar-refractivity contribution in [3.63, 3.8) is 0 Å². The number of fused-ring (bicyclic) bond motifs is 1. The van der Waals surface area contributed by atoms with Crippen LogP contribution in [0.15, 0.2) is 24.3 Å². The molecule has 2 amide bonds. The van der Waals surface area contributed by atoms with E-state index in [-0.39, 0.29) is 18.2 Å². The average molecular weight is 275 g/mol. The predicted molar refractivity (Wildman–Crippen MR) is 76.4 cm³/mol. The fourth-order valence-corrected chi connectivity index (χ4v) is 2.78. The van der Waals surface area contributed by atoms with Gasteiger partial charge in [-0.1, -0.05) is 32.9 Å². The van der Waals surface area contributed by atoms with Gasteiger partial charge in [0.1, 0.15) is 5.75 Å². The van der Waals surface area contributed by atoms with Gasteiger partial charge in [0.05, 0.1) is 5.56 Å². The molecular weight excluding hydrogens is 254 g/mol. The summed E-state index contributed by atoms with van der Waals surface area (Å²) in [7, 11) is 0. The second-order valence-corrected chi connectivity index (χ2v) is 5.76. The molecule has 1 aliphatic rings. The summed E-state index contributed by atoms with van der Waals surface area (Å²) in [5.74, 6) is 0.403. The van der Waals surface area contributed by atoms with E-state index in [0.29, 0.717) is 23.7 Å². The van der Waals surface area contributed by atoms with Crippen LogP contribution < -0.4 is 4.74 Å². The van der Waals surface area contributed by atoms with Crippen molar-refractivity contribution >= 4 is 11.8 Å². The number of rotatable bonds is 3. The second-order valence-electron chi connectivity index (χ2n) is 5.76. The number of hydrogen-bond donors (Lipinski definition) is 0. The molecule has 0 N–H and O–H groups in total. The Hall–Kier alpha value is -1.84. The smallest absolute Gasteiger partial charge is 0.267 e. The van der Waals surface area contributed by atoms with Crippen LogP contribution >= 0.6 is 0 Å². The van der Waals surface area contributed by atoms with Crippen LogP contribution in [0.5, 0.6) is 5.75 Å². The van der Waals surface area contributed by atoms with Crippen LogP contribution in [0.25, 0.3) is 0 Å². The van der Waals surface area contributed by atoms with Gasteiger partial charge in [-0.25, -0.2) is 4.90 Å². The predicted octanol–water partition coefficient (Wildman–Crippen LogP) is 3.22. The number of para-hydroxylation sites is 1. The van der Waals surface area contributed by atoms with Crippen LogP contribution in [0.4, 0.5) is 0 Å². The molecule has 1 aromatic carbocycles. The lowest BCUT2D eigenvalue weighted by Gasteiger charge is -2.44. The van der Waals surface area contributed by atoms with Crippen molar-refractivity contribution in [3.05, 3.63) is 29.8 Å². The number of carbonyl (C=O) groups excluding carboxylic acids is 2. The minimum atomic E-state index is -0.910. The third-order valence-corrected chi connectivity index (χ3v) is 3.46. The first-order valence-corrected chi connectivity index (χ1v) is 7.04. The first kappa shape index (κ1) is 14.6. The largest absolute Gasteiger partial charge is 0.467 e. The Labute approximate surface area is 119 Å². The topological polar surface area (TPSA) is 46.6 Å². The highest BCUT2D eigenvalue weighted by Gasteiger charge is 2.46. The van der Waals surface area contributed by atoms with Gasteiger partial charge in [0.25, 0.3) is 5.91 Å². The number of imide groups is 1. The van der Waals surface area contributed by atoms with E-state index < -0.39 is 5.72 Å². The molecule has 0 aliphatic carbocycles. The molecule has 20 heavy (non-hydrogen) atoms. The minimum Gasteiger partial charge on any atom is -0.467 e. The second kappa shape index (κ2) is 5.27. The molecule has 0 radical (unpaired) electrons. The van der Waals surface area contributed by atoms with E-state index in [1.54, 1.807) is 25.1 Å². The van der Waals surface area contributed by atoms with Crippen molar-refractivity contribution in [2.75, 3.05) is 0 Å². The number of hydrogen-bond acceptors (Lipinski definition) is 3. The molecular formula is C16H21NO3. The summed E-state index contributed by atoms with van der Waals surface area (Å²) in [6, 6.07) is 7.08. The number of ether oxygens (including phenoxy) is 1. The number of benzene rings is 1. The van der Waals surface area contributed by atoms with E-state index in [1.807, 2.05) is 26.8 Å². The highest BCUT2D eigenvalue weighted by molar-refractivity contribution is 6.07. The zero-order chi connectivity index (χ0) is 14.9. The Balaban J connectivity index is 2.50. The van der Waals surface area contributed by atoms with E-state index in [0.717, 1.165) is 0 Å². The third-order valence-electron chi connectivity index (χ3n) is 3.46. The molecule has 4 heteroatoms. The van der Waals surface area contributed by atoms with Crippen LogP contribution in [0.2, 0.25) is 0 Å². The lowest BCUT2D eigenvalue weighted by Crippen LogP contribution is -2.59. The molecule has 0 fully saturated rings. The summed E-state index contributed by atoms with van der Waals surface area (Å²) in [4.78, 5) is 26.1. The Morgan fingerprint density at radius 1 is 1.35 bits per heavy atom. The zero-order valence-electron chi connectivity index (χ0n) is 12.5. The molecule has 1 atom stereocenters. The van der Waals surface area contributed by atoms with Crippen LogP contribution in [0.1, 0.15) is 50.9 Å². The van der Waals surface area contributed by atoms with Gasteiger partial charge in [-0.15, -0.1) is 0 Å². The lowest BCUT2D eigenvalue weighted by molar-refractivity contribution is -0.147. The van der Waals surface area contributed by atoms with Crippen LogP contribution in [-0.4, -0.2) is 22.4 Å². The number of carbonyl (C=O) groups is 2. The molecule has 4 nitrogen and oxygen atoms in total. The van der Waals surface area contributed by atoms with E-state index in [1.165, 1.54) is 4.90 Å². The molecule has 1 unspecified atom stereocenters. The maximum Gasteiger partial charge on any atom is 0.267 e. The van der Waals surface area contributed by atoms with E-state index >= 15 is 0 Å². The highest BCUT2D eigenvalue weighted by Crippen LogP contribution is 2.37. The van der Waals surface area contributed by atoms with Crippen molar-refractivity contribution in [2.24, 2.45) is 5.92 Å². The summed E-state index contributed by atoms with van der Waals surface area (Å²) in [6.45, 7) is 7.67. The van der Waals surface area contributed by atoms with Crippen LogP contribution in [-0.2, 0) is 4.79 Å². The van der Waals surface area contributed by atoms with Crippen molar-refractivity contribution in [1.82, 2.24) is 4.90 Å². The first-order valence-electron chi connectivity index (χ1n) is 7.04. The SMILES string of the molecule is CCC(=O)N1C(=O)c2ccccc2OC1(C)CC(C)C. The number of amides is 2. The summed E-state index contributed by atoms with van der Waals surface area (Å²) in [5, 5.41) is 0. The molecule has 1 aromatic rings. The van der Waals surface area contributed by atoms with Gasteiger partial charge < -0.3 is 4.74 Å². The van der Waals surface area contributed by atoms with Gasteiger partial charge in [0.2, 0.25) is 5.91 Å². The van der Waals surface area contributed by atoms with Crippen molar-refractivity contribution < 1.29 is 14.3 Å². The van der Waals surface area contributed by atoms with Crippen LogP contribution in [0.3, 0.4) is 0 Å². The molecule has 0 spiro atoms. The minimum absolute atomic E-state index is 0.201. The highest BCUT2D eigenvalue weighted by atomic mass is 16.5. The van der Waals surface area contributed by atoms with Gasteiger partial charge in [0.15, 0.2) is 5.72 Å². The average Bonchev–Trinajstić information content (AvgIpc) is 2.37. The maximum atomic E-state index is 12.6. The van der Waals surface area contributed by atoms with Crippen LogP contribution in [0, 0.1) is 5.92 Å². The van der Waals surface area contributed by atoms with Gasteiger partial charge in [0, 0.05) is 12.8 Å². The lowest BCUT2D eigenvalue weighted by atomic mass is 9.96. The normalized spacial score (nSPS) is 21.6. The molecule has 108 valence electrons. The molecule has 0 saturated heterocycles. The Bertz CT molecular complexity index is 538. The Morgan fingerprint density at radius 3 is 2.60 bits per heavy atom. The monoisotopic (exact) mass is 275 g/mol. The molecule has 0 saturated carbocycles. The number of nitrogens with zero attached hydrogens (tertiary/aromatic N) is 1. The van der Waals surface area contributed by atoms with Gasteiger partial charge in [-0.05, 0) is 25.0 Å². The third kappa shape index (κ3) is 2.42. The molecule has 0 aromatic heterocycles. The van der Waals surface area contributed by atoms with Gasteiger partial charge >= 0.3 is 0 Å². The fourth-order valence-electron chi connectivity index (χ4n) is 2.78.